The van der Waals surface area contributed by atoms with Crippen LogP contribution >= 0.6 is 11.6 Å². The van der Waals surface area contributed by atoms with Crippen molar-refractivity contribution in [3.8, 4) is 0 Å². The zero-order valence-electron chi connectivity index (χ0n) is 26.0. The van der Waals surface area contributed by atoms with E-state index in [1.807, 2.05) is 76.0 Å². The monoisotopic (exact) mass is 568 g/mol. The standard InChI is InChI=1S/C30H38ClFN4.2C2H6/c1-21(2)19-36-23(4)29(30(33-6)34(7)24(36)5)35(20-26-11-13-28(31)14-12-26)16-15-25-9-8-10-27(18-25)17-22(3)32;2*1-2/h8-14,18,21-22H,4-6,15-17,19-20H2,1-3,7H3;2*1-2H3. The first-order valence-electron chi connectivity index (χ1n) is 14.4. The molecule has 0 spiro atoms. The van der Waals surface area contributed by atoms with Crippen LogP contribution < -0.4 is 0 Å². The molecule has 40 heavy (non-hydrogen) atoms. The van der Waals surface area contributed by atoms with Crippen LogP contribution in [0.4, 0.5) is 4.39 Å². The highest BCUT2D eigenvalue weighted by molar-refractivity contribution is 6.30. The summed E-state index contributed by atoms with van der Waals surface area (Å²) < 4.78 is 13.6. The highest BCUT2D eigenvalue weighted by Gasteiger charge is 2.32. The van der Waals surface area contributed by atoms with Crippen molar-refractivity contribution in [2.75, 3.05) is 20.1 Å². The largest absolute Gasteiger partial charge is 0.362 e. The van der Waals surface area contributed by atoms with Gasteiger partial charge in [0, 0.05) is 38.1 Å². The predicted molar refractivity (Wildman–Crippen MR) is 173 cm³/mol. The number of aliphatic imine (C=N–C) groups is 1. The summed E-state index contributed by atoms with van der Waals surface area (Å²) in [6.45, 7) is 28.8. The van der Waals surface area contributed by atoms with Crippen LogP contribution in [0.2, 0.25) is 5.02 Å². The van der Waals surface area contributed by atoms with E-state index in [-0.39, 0.29) is 0 Å². The molecule has 2 aromatic rings. The quantitative estimate of drug-likeness (QED) is 0.252. The van der Waals surface area contributed by atoms with Crippen molar-refractivity contribution in [1.82, 2.24) is 14.7 Å². The van der Waals surface area contributed by atoms with E-state index in [9.17, 15) is 4.39 Å². The van der Waals surface area contributed by atoms with Crippen LogP contribution in [0.5, 0.6) is 0 Å². The smallest absolute Gasteiger partial charge is 0.159 e. The minimum atomic E-state index is -0.867. The van der Waals surface area contributed by atoms with Gasteiger partial charge in [-0.15, -0.1) is 0 Å². The molecule has 4 nitrogen and oxygen atoms in total. The van der Waals surface area contributed by atoms with Crippen LogP contribution in [-0.4, -0.2) is 47.7 Å². The Balaban J connectivity index is 0.00000191. The number of hydrogen-bond acceptors (Lipinski definition) is 4. The highest BCUT2D eigenvalue weighted by atomic mass is 35.5. The lowest BCUT2D eigenvalue weighted by atomic mass is 10.0. The number of halogens is 2. The molecular weight excluding hydrogens is 519 g/mol. The summed E-state index contributed by atoms with van der Waals surface area (Å²) in [6.07, 6.45) is 0.346. The van der Waals surface area contributed by atoms with E-state index in [0.717, 1.165) is 53.7 Å². The normalized spacial score (nSPS) is 13.9. The summed E-state index contributed by atoms with van der Waals surface area (Å²) in [7, 11) is 1.97. The first-order valence-corrected chi connectivity index (χ1v) is 14.8. The van der Waals surface area contributed by atoms with Crippen molar-refractivity contribution < 1.29 is 4.39 Å². The van der Waals surface area contributed by atoms with Gasteiger partial charge in [0.05, 0.1) is 5.70 Å². The van der Waals surface area contributed by atoms with Gasteiger partial charge in [-0.3, -0.25) is 0 Å². The average molecular weight is 569 g/mol. The van der Waals surface area contributed by atoms with Gasteiger partial charge in [-0.25, -0.2) is 9.38 Å². The zero-order chi connectivity index (χ0) is 30.4. The number of nitrogens with zero attached hydrogens (tertiary/aromatic N) is 4. The second kappa shape index (κ2) is 17.6. The molecule has 0 saturated heterocycles. The minimum Gasteiger partial charge on any atom is -0.362 e. The molecular formula is C34H50ClFN4. The first-order chi connectivity index (χ1) is 19.1. The molecule has 1 aliphatic heterocycles. The summed E-state index contributed by atoms with van der Waals surface area (Å²) in [6, 6.07) is 16.1. The number of rotatable bonds is 11. The summed E-state index contributed by atoms with van der Waals surface area (Å²) in [5.41, 5.74) is 5.11. The molecule has 0 N–H and O–H groups in total. The Morgan fingerprint density at radius 2 is 1.55 bits per heavy atom. The third-order valence-electron chi connectivity index (χ3n) is 6.31. The van der Waals surface area contributed by atoms with Gasteiger partial charge in [-0.2, -0.15) is 0 Å². The van der Waals surface area contributed by atoms with Gasteiger partial charge in [0.1, 0.15) is 17.7 Å². The van der Waals surface area contributed by atoms with Crippen LogP contribution in [0.25, 0.3) is 0 Å². The molecule has 220 valence electrons. The van der Waals surface area contributed by atoms with Crippen molar-refractivity contribution in [2.45, 2.75) is 74.0 Å². The molecule has 0 saturated carbocycles. The second-order valence-electron chi connectivity index (χ2n) is 9.86. The second-order valence-corrected chi connectivity index (χ2v) is 10.3. The molecule has 1 atom stereocenters. The van der Waals surface area contributed by atoms with Gasteiger partial charge in [0.2, 0.25) is 0 Å². The van der Waals surface area contributed by atoms with E-state index in [0.29, 0.717) is 23.9 Å². The molecule has 0 fully saturated rings. The maximum absolute atomic E-state index is 13.6. The van der Waals surface area contributed by atoms with Gasteiger partial charge < -0.3 is 14.7 Å². The molecule has 1 aliphatic rings. The van der Waals surface area contributed by atoms with Crippen molar-refractivity contribution in [3.63, 3.8) is 0 Å². The van der Waals surface area contributed by atoms with E-state index in [1.165, 1.54) is 5.56 Å². The molecule has 0 amide bonds. The van der Waals surface area contributed by atoms with Crippen LogP contribution in [0.3, 0.4) is 0 Å². The van der Waals surface area contributed by atoms with Crippen molar-refractivity contribution in [3.05, 3.63) is 106 Å². The van der Waals surface area contributed by atoms with Gasteiger partial charge in [-0.05, 0) is 54.8 Å². The Bertz CT molecular complexity index is 1120. The van der Waals surface area contributed by atoms with E-state index in [4.69, 9.17) is 11.6 Å². The van der Waals surface area contributed by atoms with Crippen LogP contribution in [0, 0.1) is 5.92 Å². The minimum absolute atomic E-state index is 0.423. The highest BCUT2D eigenvalue weighted by Crippen LogP contribution is 2.35. The lowest BCUT2D eigenvalue weighted by molar-refractivity contribution is 0.227. The van der Waals surface area contributed by atoms with Crippen molar-refractivity contribution in [1.29, 1.82) is 0 Å². The first kappa shape index (κ1) is 35.0. The summed E-state index contributed by atoms with van der Waals surface area (Å²) in [5, 5.41) is 0.707. The van der Waals surface area contributed by atoms with Gasteiger partial charge >= 0.3 is 0 Å². The van der Waals surface area contributed by atoms with E-state index in [1.54, 1.807) is 6.92 Å². The molecule has 0 aromatic heterocycles. The Labute approximate surface area is 248 Å². The molecule has 3 rings (SSSR count). The molecule has 0 radical (unpaired) electrons. The lowest BCUT2D eigenvalue weighted by Gasteiger charge is -2.44. The third kappa shape index (κ3) is 9.85. The maximum Gasteiger partial charge on any atom is 0.159 e. The summed E-state index contributed by atoms with van der Waals surface area (Å²) in [4.78, 5) is 10.9. The van der Waals surface area contributed by atoms with Gasteiger partial charge in [-0.1, -0.05) is 103 Å². The topological polar surface area (TPSA) is 22.1 Å². The lowest BCUT2D eigenvalue weighted by Crippen LogP contribution is -2.43. The fraction of sp³-hybridized carbons (Fsp3) is 0.441. The number of hydrogen-bond donors (Lipinski definition) is 0. The van der Waals surface area contributed by atoms with Gasteiger partial charge in [0.25, 0.3) is 0 Å². The Hall–Kier alpha value is -3.05. The zero-order valence-corrected chi connectivity index (χ0v) is 26.7. The third-order valence-corrected chi connectivity index (χ3v) is 6.56. The molecule has 1 unspecified atom stereocenters. The SMILES string of the molecule is C=NC1=C(N(CCc2cccc(CC(C)F)c2)Cc2ccc(Cl)cc2)C(=C)N(CC(C)C)C(=C)N1C.CC.CC. The molecule has 0 bridgehead atoms. The molecule has 2 aromatic carbocycles. The summed E-state index contributed by atoms with van der Waals surface area (Å²) in [5.74, 6) is 2.00. The van der Waals surface area contributed by atoms with E-state index in [2.05, 4.69) is 60.6 Å². The van der Waals surface area contributed by atoms with E-state index >= 15 is 0 Å². The number of benzene rings is 2. The maximum atomic E-state index is 13.6. The van der Waals surface area contributed by atoms with Crippen molar-refractivity contribution >= 4 is 18.3 Å². The molecule has 0 aliphatic carbocycles. The predicted octanol–water partition coefficient (Wildman–Crippen LogP) is 9.10. The van der Waals surface area contributed by atoms with Crippen LogP contribution in [-0.2, 0) is 19.4 Å². The van der Waals surface area contributed by atoms with Crippen LogP contribution in [0.15, 0.2) is 89.7 Å². The van der Waals surface area contributed by atoms with Crippen LogP contribution in [0.1, 0.15) is 65.2 Å². The van der Waals surface area contributed by atoms with E-state index < -0.39 is 6.17 Å². The summed E-state index contributed by atoms with van der Waals surface area (Å²) >= 11 is 6.15. The Morgan fingerprint density at radius 3 is 2.10 bits per heavy atom. The van der Waals surface area contributed by atoms with Gasteiger partial charge in [0.15, 0.2) is 5.82 Å². The fourth-order valence-electron chi connectivity index (χ4n) is 4.54. The van der Waals surface area contributed by atoms with Crippen molar-refractivity contribution in [2.24, 2.45) is 10.9 Å². The number of alkyl halides is 1. The Morgan fingerprint density at radius 1 is 0.950 bits per heavy atom. The average Bonchev–Trinajstić information content (AvgIpc) is 2.94. The Kier molecular flexibility index (Phi) is 15.4. The fourth-order valence-corrected chi connectivity index (χ4v) is 4.67. The molecule has 6 heteroatoms. The molecule has 1 heterocycles.